The lowest BCUT2D eigenvalue weighted by Crippen LogP contribution is -2.60. The topological polar surface area (TPSA) is 116 Å². The minimum Gasteiger partial charge on any atom is -0.460 e. The van der Waals surface area contributed by atoms with Crippen LogP contribution in [-0.4, -0.2) is 61.5 Å². The second-order valence-corrected chi connectivity index (χ2v) is 7.42. The maximum Gasteiger partial charge on any atom is 0.468 e. The van der Waals surface area contributed by atoms with E-state index in [4.69, 9.17) is 4.55 Å². The average molecular weight is 482 g/mol. The molecule has 0 radical (unpaired) electrons. The van der Waals surface area contributed by atoms with Crippen LogP contribution in [0.2, 0.25) is 0 Å². The highest BCUT2D eigenvalue weighted by atomic mass is 32.2. The standard InChI is InChI=1S/C13H14F8O8S/c1-6(2)4-27-9(23)11(13(19,20)21,28-5-10(14,15)30(24,25)26)29-8(22)7(3)12(16,17)18/h6H,3-5H2,1-2H3,(H,24,25,26). The normalized spacial score (nSPS) is 15.5. The summed E-state index contributed by atoms with van der Waals surface area (Å²) in [5, 5.41) is -5.49. The summed E-state index contributed by atoms with van der Waals surface area (Å²) in [6, 6.07) is 0. The zero-order valence-electron chi connectivity index (χ0n) is 14.9. The van der Waals surface area contributed by atoms with Crippen LogP contribution in [0.3, 0.4) is 0 Å². The predicted octanol–water partition coefficient (Wildman–Crippen LogP) is 2.60. The number of carbonyl (C=O) groups excluding carboxylic acids is 2. The van der Waals surface area contributed by atoms with Crippen LogP contribution >= 0.6 is 0 Å². The zero-order chi connectivity index (χ0) is 24.3. The first kappa shape index (κ1) is 28.0. The van der Waals surface area contributed by atoms with Gasteiger partial charge in [0, 0.05) is 0 Å². The third kappa shape index (κ3) is 6.76. The van der Waals surface area contributed by atoms with Crippen LogP contribution in [-0.2, 0) is 33.9 Å². The number of halogens is 8. The summed E-state index contributed by atoms with van der Waals surface area (Å²) in [6.45, 7) is 0.852. The first-order valence-electron chi connectivity index (χ1n) is 7.30. The summed E-state index contributed by atoms with van der Waals surface area (Å²) in [5.74, 6) is -11.7. The van der Waals surface area contributed by atoms with Crippen LogP contribution in [0.5, 0.6) is 0 Å². The molecule has 0 aromatic carbocycles. The van der Waals surface area contributed by atoms with Gasteiger partial charge in [0.15, 0.2) is 0 Å². The average Bonchev–Trinajstić information content (AvgIpc) is 2.52. The van der Waals surface area contributed by atoms with Crippen molar-refractivity contribution in [2.75, 3.05) is 13.2 Å². The molecule has 0 rings (SSSR count). The molecule has 0 saturated carbocycles. The maximum atomic E-state index is 13.5. The number of alkyl halides is 8. The second kappa shape index (κ2) is 9.01. The number of rotatable bonds is 9. The molecule has 0 amide bonds. The van der Waals surface area contributed by atoms with Crippen LogP contribution < -0.4 is 0 Å². The molecule has 1 unspecified atom stereocenters. The Morgan fingerprint density at radius 1 is 1.03 bits per heavy atom. The summed E-state index contributed by atoms with van der Waals surface area (Å²) >= 11 is 0. The molecule has 0 aliphatic carbocycles. The lowest BCUT2D eigenvalue weighted by atomic mass is 10.2. The Kier molecular flexibility index (Phi) is 8.40. The fourth-order valence-corrected chi connectivity index (χ4v) is 1.50. The molecule has 0 bridgehead atoms. The van der Waals surface area contributed by atoms with Crippen LogP contribution in [0.15, 0.2) is 12.2 Å². The van der Waals surface area contributed by atoms with E-state index in [1.165, 1.54) is 13.8 Å². The lowest BCUT2D eigenvalue weighted by molar-refractivity contribution is -0.360. The molecule has 0 heterocycles. The van der Waals surface area contributed by atoms with E-state index in [2.05, 4.69) is 20.8 Å². The summed E-state index contributed by atoms with van der Waals surface area (Å²) in [5.41, 5.74) is -2.59. The van der Waals surface area contributed by atoms with Crippen molar-refractivity contribution in [1.29, 1.82) is 0 Å². The van der Waals surface area contributed by atoms with Crippen molar-refractivity contribution in [2.24, 2.45) is 5.92 Å². The van der Waals surface area contributed by atoms with Gasteiger partial charge in [-0.05, 0) is 5.92 Å². The monoisotopic (exact) mass is 482 g/mol. The van der Waals surface area contributed by atoms with Gasteiger partial charge in [-0.1, -0.05) is 20.4 Å². The van der Waals surface area contributed by atoms with E-state index in [0.717, 1.165) is 0 Å². The van der Waals surface area contributed by atoms with Crippen LogP contribution in [0, 0.1) is 5.92 Å². The third-order valence-electron chi connectivity index (χ3n) is 2.84. The van der Waals surface area contributed by atoms with Gasteiger partial charge >= 0.3 is 45.5 Å². The predicted molar refractivity (Wildman–Crippen MR) is 78.3 cm³/mol. The van der Waals surface area contributed by atoms with Crippen molar-refractivity contribution in [3.8, 4) is 0 Å². The Hall–Kier alpha value is -2.01. The van der Waals surface area contributed by atoms with E-state index in [-0.39, 0.29) is 0 Å². The fourth-order valence-electron chi connectivity index (χ4n) is 1.29. The number of ether oxygens (including phenoxy) is 3. The Balaban J connectivity index is 6.32. The van der Waals surface area contributed by atoms with Gasteiger partial charge < -0.3 is 14.2 Å². The third-order valence-corrected chi connectivity index (χ3v) is 3.71. The Morgan fingerprint density at radius 3 is 1.83 bits per heavy atom. The van der Waals surface area contributed by atoms with E-state index >= 15 is 0 Å². The molecular weight excluding hydrogens is 468 g/mol. The fraction of sp³-hybridized carbons (Fsp3) is 0.692. The van der Waals surface area contributed by atoms with Crippen LogP contribution in [0.4, 0.5) is 35.1 Å². The molecule has 0 fully saturated rings. The van der Waals surface area contributed by atoms with Crippen molar-refractivity contribution in [3.05, 3.63) is 12.2 Å². The van der Waals surface area contributed by atoms with Crippen molar-refractivity contribution in [1.82, 2.24) is 0 Å². The first-order valence-corrected chi connectivity index (χ1v) is 8.74. The van der Waals surface area contributed by atoms with E-state index in [0.29, 0.717) is 0 Å². The Labute approximate surface area is 163 Å². The van der Waals surface area contributed by atoms with E-state index in [1.807, 2.05) is 0 Å². The maximum absolute atomic E-state index is 13.5. The first-order chi connectivity index (χ1) is 13.1. The number of hydrogen-bond acceptors (Lipinski definition) is 7. The van der Waals surface area contributed by atoms with Gasteiger partial charge in [0.1, 0.15) is 12.2 Å². The Bertz CT molecular complexity index is 771. The summed E-state index contributed by atoms with van der Waals surface area (Å²) in [4.78, 5) is 23.3. The van der Waals surface area contributed by atoms with E-state index in [1.54, 1.807) is 0 Å². The summed E-state index contributed by atoms with van der Waals surface area (Å²) < 4.78 is 145. The van der Waals surface area contributed by atoms with Gasteiger partial charge in [0.25, 0.3) is 0 Å². The van der Waals surface area contributed by atoms with Gasteiger partial charge in [-0.25, -0.2) is 9.59 Å². The minimum absolute atomic E-state index is 0.694. The molecule has 8 nitrogen and oxygen atoms in total. The molecular formula is C13H14F8O8S. The van der Waals surface area contributed by atoms with Gasteiger partial charge in [-0.3, -0.25) is 4.55 Å². The number of hydrogen-bond donors (Lipinski definition) is 1. The molecule has 0 saturated heterocycles. The van der Waals surface area contributed by atoms with Gasteiger partial charge in [-0.15, -0.1) is 0 Å². The highest BCUT2D eigenvalue weighted by Crippen LogP contribution is 2.39. The molecule has 0 aromatic heterocycles. The SMILES string of the molecule is C=C(C(=O)OC(OCC(F)(F)S(=O)(=O)O)(C(=O)OCC(C)C)C(F)(F)F)C(F)(F)F. The minimum atomic E-state index is -6.41. The molecule has 17 heteroatoms. The van der Waals surface area contributed by atoms with Gasteiger partial charge in [-0.2, -0.15) is 43.5 Å². The van der Waals surface area contributed by atoms with Crippen molar-refractivity contribution >= 4 is 22.1 Å². The highest BCUT2D eigenvalue weighted by molar-refractivity contribution is 7.86. The molecule has 1 N–H and O–H groups in total. The quantitative estimate of drug-likeness (QED) is 0.175. The van der Waals surface area contributed by atoms with Crippen molar-refractivity contribution < 1.29 is 71.9 Å². The summed E-state index contributed by atoms with van der Waals surface area (Å²) in [6.07, 6.45) is -12.0. The second-order valence-electron chi connectivity index (χ2n) is 5.87. The number of esters is 2. The van der Waals surface area contributed by atoms with Crippen molar-refractivity contribution in [3.63, 3.8) is 0 Å². The Morgan fingerprint density at radius 2 is 1.50 bits per heavy atom. The molecule has 0 aliphatic heterocycles. The van der Waals surface area contributed by atoms with E-state index < -0.39 is 70.2 Å². The van der Waals surface area contributed by atoms with Crippen LogP contribution in [0.25, 0.3) is 0 Å². The van der Waals surface area contributed by atoms with Crippen LogP contribution in [0.1, 0.15) is 13.8 Å². The number of carbonyl (C=O) groups is 2. The van der Waals surface area contributed by atoms with Crippen molar-refractivity contribution in [2.45, 2.75) is 37.2 Å². The van der Waals surface area contributed by atoms with Gasteiger partial charge in [0.2, 0.25) is 0 Å². The largest absolute Gasteiger partial charge is 0.468 e. The van der Waals surface area contributed by atoms with Gasteiger partial charge in [0.05, 0.1) is 6.61 Å². The molecule has 1 atom stereocenters. The smallest absolute Gasteiger partial charge is 0.460 e. The molecule has 0 aromatic rings. The highest BCUT2D eigenvalue weighted by Gasteiger charge is 2.69. The molecule has 0 aliphatic rings. The molecule has 30 heavy (non-hydrogen) atoms. The lowest BCUT2D eigenvalue weighted by Gasteiger charge is -2.33. The molecule has 0 spiro atoms. The molecule has 176 valence electrons. The zero-order valence-corrected chi connectivity index (χ0v) is 15.8. The van der Waals surface area contributed by atoms with E-state index in [9.17, 15) is 53.1 Å². The summed E-state index contributed by atoms with van der Waals surface area (Å²) in [7, 11) is -6.41.